The number of carbonyl (C=O) groups is 1. The molecule has 0 fully saturated rings. The molecule has 6 nitrogen and oxygen atoms in total. The van der Waals surface area contributed by atoms with E-state index in [0.29, 0.717) is 30.8 Å². The second-order valence-corrected chi connectivity index (χ2v) is 9.37. The van der Waals surface area contributed by atoms with Crippen molar-refractivity contribution in [3.8, 4) is 17.2 Å². The number of amides is 1. The molecule has 2 heterocycles. The van der Waals surface area contributed by atoms with E-state index in [1.54, 1.807) is 0 Å². The number of nitrogens with one attached hydrogen (secondary N) is 1. The van der Waals surface area contributed by atoms with Crippen LogP contribution in [0.4, 0.5) is 0 Å². The van der Waals surface area contributed by atoms with Crippen LogP contribution in [0.1, 0.15) is 36.0 Å². The van der Waals surface area contributed by atoms with Crippen LogP contribution in [0.3, 0.4) is 0 Å². The van der Waals surface area contributed by atoms with Crippen molar-refractivity contribution in [3.05, 3.63) is 83.3 Å². The fourth-order valence-electron chi connectivity index (χ4n) is 4.53. The van der Waals surface area contributed by atoms with Gasteiger partial charge in [0, 0.05) is 25.8 Å². The fraction of sp³-hybridized carbons (Fsp3) is 0.357. The summed E-state index contributed by atoms with van der Waals surface area (Å²) >= 11 is 0. The monoisotopic (exact) mass is 456 g/mol. The number of nitrogens with two attached hydrogens (primary N) is 1. The molecule has 2 aromatic carbocycles. The van der Waals surface area contributed by atoms with Crippen LogP contribution in [0.2, 0.25) is 0 Å². The highest BCUT2D eigenvalue weighted by molar-refractivity contribution is 5.87. The van der Waals surface area contributed by atoms with Crippen LogP contribution in [0.25, 0.3) is 11.1 Å². The van der Waals surface area contributed by atoms with Crippen LogP contribution in [0, 0.1) is 11.3 Å². The predicted octanol–water partition coefficient (Wildman–Crippen LogP) is 3.84. The average molecular weight is 457 g/mol. The highest BCUT2D eigenvalue weighted by Crippen LogP contribution is 2.26. The minimum absolute atomic E-state index is 0.317. The molecule has 1 unspecified atom stereocenters. The van der Waals surface area contributed by atoms with Crippen molar-refractivity contribution < 1.29 is 9.21 Å². The predicted molar refractivity (Wildman–Crippen MR) is 133 cm³/mol. The standard InChI is InChI=1S/C28H32N4O2/c1-3-14-32(2)19-21-6-10-23(11-7-21)22-8-4-20(5-9-22)15-24(18-29)31-27(33)28(30)16-25-12-13-26(17-28)34-25/h4-13,24H,3,14-17,19,30H2,1-2H3,(H,31,33). The Balaban J connectivity index is 1.35. The molecule has 0 radical (unpaired) electrons. The molecule has 1 atom stereocenters. The molecule has 2 bridgehead atoms. The molecule has 0 aliphatic carbocycles. The Morgan fingerprint density at radius 2 is 1.62 bits per heavy atom. The smallest absolute Gasteiger partial charge is 0.242 e. The van der Waals surface area contributed by atoms with Gasteiger partial charge in [-0.15, -0.1) is 0 Å². The van der Waals surface area contributed by atoms with E-state index in [4.69, 9.17) is 10.2 Å². The summed E-state index contributed by atoms with van der Waals surface area (Å²) in [5.41, 5.74) is 9.85. The first kappa shape index (κ1) is 23.7. The van der Waals surface area contributed by atoms with Gasteiger partial charge >= 0.3 is 0 Å². The summed E-state index contributed by atoms with van der Waals surface area (Å²) < 4.78 is 5.55. The van der Waals surface area contributed by atoms with Gasteiger partial charge in [0.25, 0.3) is 0 Å². The summed E-state index contributed by atoms with van der Waals surface area (Å²) in [5.74, 6) is 1.08. The molecule has 0 saturated carbocycles. The summed E-state index contributed by atoms with van der Waals surface area (Å²) in [6.07, 6.45) is 2.23. The zero-order valence-electron chi connectivity index (χ0n) is 19.9. The van der Waals surface area contributed by atoms with E-state index >= 15 is 0 Å². The number of rotatable bonds is 9. The summed E-state index contributed by atoms with van der Waals surface area (Å²) in [5, 5.41) is 12.5. The molecular weight excluding hydrogens is 424 g/mol. The van der Waals surface area contributed by atoms with Gasteiger partial charge in [-0.1, -0.05) is 55.5 Å². The van der Waals surface area contributed by atoms with Crippen LogP contribution in [0.5, 0.6) is 0 Å². The fourth-order valence-corrected chi connectivity index (χ4v) is 4.53. The molecule has 1 aliphatic rings. The minimum atomic E-state index is -1.08. The number of fused-ring (bicyclic) bond motifs is 2. The van der Waals surface area contributed by atoms with Crippen LogP contribution >= 0.6 is 0 Å². The Bertz CT molecular complexity index is 1140. The van der Waals surface area contributed by atoms with E-state index in [0.717, 1.165) is 36.2 Å². The zero-order chi connectivity index (χ0) is 24.1. The maximum atomic E-state index is 12.9. The Kier molecular flexibility index (Phi) is 7.16. The van der Waals surface area contributed by atoms with Gasteiger partial charge < -0.3 is 20.4 Å². The van der Waals surface area contributed by atoms with E-state index in [1.165, 1.54) is 5.56 Å². The maximum Gasteiger partial charge on any atom is 0.242 e. The van der Waals surface area contributed by atoms with E-state index in [9.17, 15) is 10.1 Å². The van der Waals surface area contributed by atoms with Crippen molar-refractivity contribution in [2.75, 3.05) is 13.6 Å². The largest absolute Gasteiger partial charge is 0.466 e. The lowest BCUT2D eigenvalue weighted by atomic mass is 9.88. The quantitative estimate of drug-likeness (QED) is 0.510. The van der Waals surface area contributed by atoms with Crippen molar-refractivity contribution >= 4 is 5.91 Å². The molecule has 1 aromatic heterocycles. The summed E-state index contributed by atoms with van der Waals surface area (Å²) in [7, 11) is 2.14. The number of carbonyl (C=O) groups excluding carboxylic acids is 1. The van der Waals surface area contributed by atoms with Gasteiger partial charge in [-0.2, -0.15) is 5.26 Å². The van der Waals surface area contributed by atoms with Gasteiger partial charge in [-0.05, 0) is 54.4 Å². The zero-order valence-corrected chi connectivity index (χ0v) is 19.9. The Morgan fingerprint density at radius 3 is 2.15 bits per heavy atom. The highest BCUT2D eigenvalue weighted by atomic mass is 16.3. The van der Waals surface area contributed by atoms with Crippen LogP contribution in [-0.4, -0.2) is 36.0 Å². The maximum absolute atomic E-state index is 12.9. The Labute approximate surface area is 201 Å². The molecule has 4 rings (SSSR count). The Morgan fingerprint density at radius 1 is 1.06 bits per heavy atom. The molecule has 176 valence electrons. The first-order valence-electron chi connectivity index (χ1n) is 11.8. The third-order valence-corrected chi connectivity index (χ3v) is 6.35. The third-order valence-electron chi connectivity index (χ3n) is 6.35. The molecule has 0 spiro atoms. The topological polar surface area (TPSA) is 95.3 Å². The van der Waals surface area contributed by atoms with E-state index in [2.05, 4.69) is 66.7 Å². The van der Waals surface area contributed by atoms with Gasteiger partial charge in [0.1, 0.15) is 23.1 Å². The van der Waals surface area contributed by atoms with Crippen LogP contribution < -0.4 is 11.1 Å². The third kappa shape index (κ3) is 5.56. The number of benzene rings is 2. The molecule has 34 heavy (non-hydrogen) atoms. The molecule has 0 saturated heterocycles. The lowest BCUT2D eigenvalue weighted by molar-refractivity contribution is -0.127. The van der Waals surface area contributed by atoms with Crippen molar-refractivity contribution in [1.29, 1.82) is 5.26 Å². The SMILES string of the molecule is CCCN(C)Cc1ccc(-c2ccc(CC(C#N)NC(=O)C3(N)Cc4ccc(o4)C3)cc2)cc1. The Hall–Kier alpha value is -3.40. The second-order valence-electron chi connectivity index (χ2n) is 9.37. The first-order chi connectivity index (χ1) is 16.4. The van der Waals surface area contributed by atoms with E-state index in [-0.39, 0.29) is 5.91 Å². The first-order valence-corrected chi connectivity index (χ1v) is 11.8. The van der Waals surface area contributed by atoms with Gasteiger partial charge in [0.05, 0.1) is 6.07 Å². The molecule has 3 aromatic rings. The van der Waals surface area contributed by atoms with E-state index < -0.39 is 11.6 Å². The van der Waals surface area contributed by atoms with Crippen molar-refractivity contribution in [2.45, 2.75) is 50.7 Å². The molecule has 6 heteroatoms. The number of hydrogen-bond donors (Lipinski definition) is 2. The second kappa shape index (κ2) is 10.3. The molecule has 1 aliphatic heterocycles. The highest BCUT2D eigenvalue weighted by Gasteiger charge is 2.40. The normalized spacial score (nSPS) is 15.0. The number of nitrogens with zero attached hydrogens (tertiary/aromatic N) is 2. The van der Waals surface area contributed by atoms with Gasteiger partial charge in [0.2, 0.25) is 5.91 Å². The van der Waals surface area contributed by atoms with E-state index in [1.807, 2.05) is 24.3 Å². The van der Waals surface area contributed by atoms with Crippen molar-refractivity contribution in [3.63, 3.8) is 0 Å². The number of hydrogen-bond acceptors (Lipinski definition) is 5. The summed E-state index contributed by atoms with van der Waals surface area (Å²) in [4.78, 5) is 15.2. The van der Waals surface area contributed by atoms with Crippen LogP contribution in [-0.2, 0) is 30.6 Å². The average Bonchev–Trinajstić information content (AvgIpc) is 3.18. The number of nitriles is 1. The molecule has 3 N–H and O–H groups in total. The molecule has 1 amide bonds. The molecular formula is C28H32N4O2. The van der Waals surface area contributed by atoms with Gasteiger partial charge in [-0.25, -0.2) is 0 Å². The van der Waals surface area contributed by atoms with Crippen molar-refractivity contribution in [1.82, 2.24) is 10.2 Å². The van der Waals surface area contributed by atoms with Crippen LogP contribution in [0.15, 0.2) is 65.1 Å². The lowest BCUT2D eigenvalue weighted by Gasteiger charge is -2.29. The summed E-state index contributed by atoms with van der Waals surface area (Å²) in [6.45, 7) is 4.22. The van der Waals surface area contributed by atoms with Crippen molar-refractivity contribution in [2.24, 2.45) is 5.73 Å². The lowest BCUT2D eigenvalue weighted by Crippen LogP contribution is -2.59. The minimum Gasteiger partial charge on any atom is -0.466 e. The summed E-state index contributed by atoms with van der Waals surface area (Å²) in [6, 6.07) is 22.0. The number of furan rings is 1. The van der Waals surface area contributed by atoms with Gasteiger partial charge in [-0.3, -0.25) is 4.79 Å². The van der Waals surface area contributed by atoms with Gasteiger partial charge in [0.15, 0.2) is 0 Å².